The zero-order valence-electron chi connectivity index (χ0n) is 17.1. The molecule has 2 aliphatic heterocycles. The molecule has 0 fully saturated rings. The van der Waals surface area contributed by atoms with Crippen LogP contribution < -0.4 is 19.7 Å². The molecule has 1 amide bonds. The molecule has 1 unspecified atom stereocenters. The zero-order chi connectivity index (χ0) is 20.7. The number of benzene rings is 3. The fourth-order valence-corrected chi connectivity index (χ4v) is 4.32. The molecule has 5 rings (SSSR count). The van der Waals surface area contributed by atoms with Crippen LogP contribution in [0.5, 0.6) is 11.5 Å². The van der Waals surface area contributed by atoms with Crippen molar-refractivity contribution >= 4 is 17.3 Å². The van der Waals surface area contributed by atoms with E-state index >= 15 is 0 Å². The quantitative estimate of drug-likeness (QED) is 0.658. The Hall–Kier alpha value is -3.47. The highest BCUT2D eigenvalue weighted by Gasteiger charge is 2.42. The first-order valence-corrected chi connectivity index (χ1v) is 10.2. The number of nitrogens with zero attached hydrogens (tertiary/aromatic N) is 1. The van der Waals surface area contributed by atoms with Gasteiger partial charge in [-0.05, 0) is 68.1 Å². The number of aryl methyl sites for hydroxylation is 2. The zero-order valence-corrected chi connectivity index (χ0v) is 17.1. The van der Waals surface area contributed by atoms with Crippen molar-refractivity contribution in [2.24, 2.45) is 0 Å². The van der Waals surface area contributed by atoms with Crippen LogP contribution in [0.1, 0.15) is 34.8 Å². The standard InChI is InChI=1S/C25H24N2O3/c1-17-7-3-6-10-21(17)27-24(28)19-8-4-5-9-20(19)26-25(27,2)14-13-18-11-12-22-23(15-18)30-16-29-22/h3-12,15,26H,13-14,16H2,1-2H3. The number of hydrogen-bond donors (Lipinski definition) is 1. The second-order valence-corrected chi connectivity index (χ2v) is 8.06. The number of carbonyl (C=O) groups is 1. The third kappa shape index (κ3) is 3.07. The van der Waals surface area contributed by atoms with Crippen LogP contribution in [0.4, 0.5) is 11.4 Å². The van der Waals surface area contributed by atoms with Crippen LogP contribution in [-0.4, -0.2) is 18.4 Å². The molecule has 1 N–H and O–H groups in total. The van der Waals surface area contributed by atoms with E-state index in [2.05, 4.69) is 18.3 Å². The van der Waals surface area contributed by atoms with Crippen molar-refractivity contribution in [3.8, 4) is 11.5 Å². The molecular formula is C25H24N2O3. The van der Waals surface area contributed by atoms with E-state index in [4.69, 9.17) is 9.47 Å². The van der Waals surface area contributed by atoms with Crippen molar-refractivity contribution in [1.29, 1.82) is 0 Å². The van der Waals surface area contributed by atoms with Crippen LogP contribution in [0.15, 0.2) is 66.7 Å². The lowest BCUT2D eigenvalue weighted by atomic mass is 9.93. The average Bonchev–Trinajstić information content (AvgIpc) is 3.22. The van der Waals surface area contributed by atoms with Crippen molar-refractivity contribution in [2.45, 2.75) is 32.4 Å². The van der Waals surface area contributed by atoms with E-state index in [1.54, 1.807) is 0 Å². The van der Waals surface area contributed by atoms with Crippen molar-refractivity contribution in [3.63, 3.8) is 0 Å². The lowest BCUT2D eigenvalue weighted by Gasteiger charge is -2.47. The molecule has 2 aliphatic rings. The van der Waals surface area contributed by atoms with Gasteiger partial charge in [-0.2, -0.15) is 0 Å². The molecule has 0 saturated carbocycles. The summed E-state index contributed by atoms with van der Waals surface area (Å²) in [6, 6.07) is 21.8. The van der Waals surface area contributed by atoms with Gasteiger partial charge in [0, 0.05) is 11.4 Å². The van der Waals surface area contributed by atoms with E-state index < -0.39 is 5.66 Å². The first-order chi connectivity index (χ1) is 14.5. The van der Waals surface area contributed by atoms with E-state index in [9.17, 15) is 4.79 Å². The molecule has 0 aromatic heterocycles. The first-order valence-electron chi connectivity index (χ1n) is 10.2. The van der Waals surface area contributed by atoms with E-state index in [1.807, 2.05) is 72.5 Å². The summed E-state index contributed by atoms with van der Waals surface area (Å²) in [6.45, 7) is 4.41. The van der Waals surface area contributed by atoms with Crippen LogP contribution in [0.25, 0.3) is 0 Å². The SMILES string of the molecule is Cc1ccccc1N1C(=O)c2ccccc2NC1(C)CCc1ccc2c(c1)OCO2. The number of carbonyl (C=O) groups excluding carboxylic acids is 1. The fourth-order valence-electron chi connectivity index (χ4n) is 4.32. The fraction of sp³-hybridized carbons (Fsp3) is 0.240. The molecule has 0 saturated heterocycles. The van der Waals surface area contributed by atoms with E-state index in [0.29, 0.717) is 5.56 Å². The molecule has 0 spiro atoms. The molecular weight excluding hydrogens is 376 g/mol. The number of ether oxygens (including phenoxy) is 2. The van der Waals surface area contributed by atoms with Crippen LogP contribution in [0, 0.1) is 6.92 Å². The topological polar surface area (TPSA) is 50.8 Å². The smallest absolute Gasteiger partial charge is 0.262 e. The predicted octanol–water partition coefficient (Wildman–Crippen LogP) is 5.15. The van der Waals surface area contributed by atoms with Gasteiger partial charge in [-0.3, -0.25) is 9.69 Å². The maximum Gasteiger partial charge on any atom is 0.262 e. The highest BCUT2D eigenvalue weighted by molar-refractivity contribution is 6.13. The molecule has 30 heavy (non-hydrogen) atoms. The Morgan fingerprint density at radius 3 is 2.63 bits per heavy atom. The summed E-state index contributed by atoms with van der Waals surface area (Å²) in [7, 11) is 0. The highest BCUT2D eigenvalue weighted by Crippen LogP contribution is 2.39. The van der Waals surface area contributed by atoms with E-state index in [-0.39, 0.29) is 12.7 Å². The Morgan fingerprint density at radius 1 is 1.00 bits per heavy atom. The molecule has 152 valence electrons. The van der Waals surface area contributed by atoms with Crippen molar-refractivity contribution < 1.29 is 14.3 Å². The van der Waals surface area contributed by atoms with Crippen LogP contribution in [0.3, 0.4) is 0 Å². The molecule has 0 aliphatic carbocycles. The van der Waals surface area contributed by atoms with Crippen molar-refractivity contribution in [2.75, 3.05) is 17.0 Å². The molecule has 5 heteroatoms. The number of hydrogen-bond acceptors (Lipinski definition) is 4. The first kappa shape index (κ1) is 18.6. The minimum absolute atomic E-state index is 0.0202. The molecule has 0 bridgehead atoms. The van der Waals surface area contributed by atoms with Crippen LogP contribution in [-0.2, 0) is 6.42 Å². The second-order valence-electron chi connectivity index (χ2n) is 8.06. The summed E-state index contributed by atoms with van der Waals surface area (Å²) in [6.07, 6.45) is 1.53. The minimum Gasteiger partial charge on any atom is -0.454 e. The Balaban J connectivity index is 1.51. The number of nitrogens with one attached hydrogen (secondary N) is 1. The van der Waals surface area contributed by atoms with Crippen LogP contribution in [0.2, 0.25) is 0 Å². The maximum atomic E-state index is 13.6. The lowest BCUT2D eigenvalue weighted by Crippen LogP contribution is -2.59. The molecule has 1 atom stereocenters. The molecule has 3 aromatic rings. The summed E-state index contributed by atoms with van der Waals surface area (Å²) in [5, 5.41) is 3.65. The third-order valence-electron chi connectivity index (χ3n) is 5.95. The van der Waals surface area contributed by atoms with Gasteiger partial charge in [-0.1, -0.05) is 36.4 Å². The summed E-state index contributed by atoms with van der Waals surface area (Å²) in [4.78, 5) is 15.5. The Morgan fingerprint density at radius 2 is 1.77 bits per heavy atom. The molecule has 0 radical (unpaired) electrons. The number of anilines is 2. The molecule has 3 aromatic carbocycles. The van der Waals surface area contributed by atoms with E-state index in [1.165, 1.54) is 0 Å². The van der Waals surface area contributed by atoms with Gasteiger partial charge in [0.2, 0.25) is 6.79 Å². The van der Waals surface area contributed by atoms with Gasteiger partial charge in [-0.15, -0.1) is 0 Å². The third-order valence-corrected chi connectivity index (χ3v) is 5.95. The largest absolute Gasteiger partial charge is 0.454 e. The Kier molecular flexibility index (Phi) is 4.39. The van der Waals surface area contributed by atoms with Gasteiger partial charge in [-0.25, -0.2) is 0 Å². The van der Waals surface area contributed by atoms with Gasteiger partial charge in [0.15, 0.2) is 11.5 Å². The number of para-hydroxylation sites is 2. The number of amides is 1. The normalized spacial score (nSPS) is 19.4. The molecule has 2 heterocycles. The van der Waals surface area contributed by atoms with Crippen molar-refractivity contribution in [1.82, 2.24) is 0 Å². The molecule has 5 nitrogen and oxygen atoms in total. The summed E-state index contributed by atoms with van der Waals surface area (Å²) >= 11 is 0. The second kappa shape index (κ2) is 7.10. The van der Waals surface area contributed by atoms with Gasteiger partial charge < -0.3 is 14.8 Å². The van der Waals surface area contributed by atoms with E-state index in [0.717, 1.165) is 46.8 Å². The minimum atomic E-state index is -0.575. The number of fused-ring (bicyclic) bond motifs is 2. The van der Waals surface area contributed by atoms with Gasteiger partial charge >= 0.3 is 0 Å². The Bertz CT molecular complexity index is 1130. The summed E-state index contributed by atoms with van der Waals surface area (Å²) in [5.74, 6) is 1.59. The maximum absolute atomic E-state index is 13.6. The summed E-state index contributed by atoms with van der Waals surface area (Å²) in [5.41, 5.74) is 4.15. The lowest BCUT2D eigenvalue weighted by molar-refractivity contribution is 0.0954. The van der Waals surface area contributed by atoms with Gasteiger partial charge in [0.05, 0.1) is 5.56 Å². The predicted molar refractivity (Wildman–Crippen MR) is 117 cm³/mol. The van der Waals surface area contributed by atoms with Crippen molar-refractivity contribution in [3.05, 3.63) is 83.4 Å². The average molecular weight is 400 g/mol. The number of rotatable bonds is 4. The van der Waals surface area contributed by atoms with Crippen LogP contribution >= 0.6 is 0 Å². The van der Waals surface area contributed by atoms with Gasteiger partial charge in [0.25, 0.3) is 5.91 Å². The summed E-state index contributed by atoms with van der Waals surface area (Å²) < 4.78 is 10.9. The highest BCUT2D eigenvalue weighted by atomic mass is 16.7. The monoisotopic (exact) mass is 400 g/mol. The van der Waals surface area contributed by atoms with Gasteiger partial charge in [0.1, 0.15) is 5.66 Å². The Labute approximate surface area is 176 Å².